The maximum atomic E-state index is 11.0. The van der Waals surface area contributed by atoms with Gasteiger partial charge in [-0.3, -0.25) is 10.1 Å². The van der Waals surface area contributed by atoms with Crippen molar-refractivity contribution < 1.29 is 173 Å². The summed E-state index contributed by atoms with van der Waals surface area (Å²) in [5, 5.41) is 37.7. The minimum atomic E-state index is -4.54. The van der Waals surface area contributed by atoms with Crippen LogP contribution in [0.15, 0.2) is 22.1 Å². The van der Waals surface area contributed by atoms with Gasteiger partial charge < -0.3 is 40.9 Å². The summed E-state index contributed by atoms with van der Waals surface area (Å²) >= 11 is 1.35. The Morgan fingerprint density at radius 3 is 1.39 bits per heavy atom. The molecule has 3 rings (SSSR count). The molecule has 0 bridgehead atoms. The van der Waals surface area contributed by atoms with Crippen LogP contribution in [0.4, 0.5) is 47.1 Å². The minimum Gasteiger partial charge on any atom is -0.748 e. The molecule has 2 heterocycles. The Morgan fingerprint density at radius 1 is 0.648 bits per heavy atom. The predicted molar refractivity (Wildman–Crippen MR) is 174 cm³/mol. The van der Waals surface area contributed by atoms with E-state index in [1.165, 1.54) is 12.4 Å². The zero-order chi connectivity index (χ0) is 36.6. The summed E-state index contributed by atoms with van der Waals surface area (Å²) in [6, 6.07) is 3.46. The molecule has 1 aromatic carbocycles. The molecule has 3 aromatic rings. The monoisotopic (exact) mass is 870 g/mol. The number of rotatable bonds is 22. The summed E-state index contributed by atoms with van der Waals surface area (Å²) in [6.07, 6.45) is 2.70. The van der Waals surface area contributed by atoms with E-state index in [0.717, 1.165) is 0 Å². The number of aromatic nitrogens is 6. The van der Waals surface area contributed by atoms with Crippen molar-refractivity contribution >= 4 is 104 Å². The van der Waals surface area contributed by atoms with Crippen LogP contribution < -0.4 is 150 Å². The molecule has 24 nitrogen and oxygen atoms in total. The van der Waals surface area contributed by atoms with E-state index in [4.69, 9.17) is 0 Å². The standard InChI is InChI=1S/C22H30N12O12S4.4Na/c1-13-12-16(28-22-33-19(25-5-9-49(37,38)39)30-20(34-22)26-6-10-50(40,41)42)14(2)11-15(13)27-21-31-17(23-3-7-47-45-43-35)29-18(32-21)24-4-8-48-46-44-36;;;;/h3-4,11-12,35-36H,5-10H2,1-2H3,(H,37,38,39)(H,40,41,42)(H,27,29,31,32)(H3,25,26,28,30,33,34);;;;/q;4*+1/p-4/b23-3-,24-4+;;;;. The van der Waals surface area contributed by atoms with Gasteiger partial charge in [-0.1, -0.05) is 0 Å². The summed E-state index contributed by atoms with van der Waals surface area (Å²) < 4.78 is 74.4. The molecule has 0 radical (unpaired) electrons. The number of anilines is 6. The van der Waals surface area contributed by atoms with Gasteiger partial charge >= 0.3 is 118 Å². The van der Waals surface area contributed by atoms with Crippen LogP contribution >= 0.6 is 24.1 Å². The fraction of sp³-hybridized carbons (Fsp3) is 0.364. The Labute approximate surface area is 406 Å². The molecule has 2 aromatic heterocycles. The van der Waals surface area contributed by atoms with Gasteiger partial charge in [0.1, 0.15) is 0 Å². The fourth-order valence-electron chi connectivity index (χ4n) is 3.41. The molecule has 0 fully saturated rings. The summed E-state index contributed by atoms with van der Waals surface area (Å²) in [7, 11) is -9.07. The molecule has 0 atom stereocenters. The maximum Gasteiger partial charge on any atom is 1.00 e. The summed E-state index contributed by atoms with van der Waals surface area (Å²) in [4.78, 5) is 33.2. The second-order valence-corrected chi connectivity index (χ2v) is 13.6. The normalized spacial score (nSPS) is 11.2. The van der Waals surface area contributed by atoms with Crippen molar-refractivity contribution in [3.05, 3.63) is 23.3 Å². The van der Waals surface area contributed by atoms with Crippen molar-refractivity contribution in [1.82, 2.24) is 29.9 Å². The molecule has 54 heavy (non-hydrogen) atoms. The van der Waals surface area contributed by atoms with Gasteiger partial charge in [0.25, 0.3) is 11.9 Å². The zero-order valence-corrected chi connectivity index (χ0v) is 40.9. The number of aryl methyl sites for hydroxylation is 2. The van der Waals surface area contributed by atoms with E-state index in [9.17, 15) is 36.5 Å². The average Bonchev–Trinajstić information content (AvgIpc) is 3.02. The van der Waals surface area contributed by atoms with E-state index < -0.39 is 31.7 Å². The van der Waals surface area contributed by atoms with E-state index in [-0.39, 0.29) is 179 Å². The Bertz CT molecular complexity index is 1780. The van der Waals surface area contributed by atoms with E-state index in [1.54, 1.807) is 26.0 Å². The van der Waals surface area contributed by atoms with Crippen LogP contribution in [-0.2, 0) is 39.0 Å². The number of aliphatic imine (C=N–C) groups is 2. The summed E-state index contributed by atoms with van der Waals surface area (Å²) in [5.41, 5.74) is 2.38. The van der Waals surface area contributed by atoms with Gasteiger partial charge in [0, 0.05) is 61.0 Å². The van der Waals surface area contributed by atoms with Crippen molar-refractivity contribution in [1.29, 1.82) is 0 Å². The van der Waals surface area contributed by atoms with Crippen molar-refractivity contribution in [2.24, 2.45) is 9.98 Å². The van der Waals surface area contributed by atoms with Gasteiger partial charge in [-0.05, 0) is 37.1 Å². The second-order valence-electron chi connectivity index (χ2n) is 9.14. The summed E-state index contributed by atoms with van der Waals surface area (Å²) in [5.74, 6) is -1.69. The van der Waals surface area contributed by atoms with Crippen LogP contribution in [0, 0.1) is 13.8 Å². The molecule has 274 valence electrons. The molecule has 0 aliphatic carbocycles. The van der Waals surface area contributed by atoms with Crippen LogP contribution in [0.25, 0.3) is 0 Å². The number of hydrogen-bond acceptors (Lipinski definition) is 26. The average molecular weight is 871 g/mol. The van der Waals surface area contributed by atoms with Gasteiger partial charge in [-0.15, -0.1) is 0 Å². The maximum absolute atomic E-state index is 11.0. The van der Waals surface area contributed by atoms with E-state index >= 15 is 0 Å². The number of nitrogens with one attached hydrogen (secondary N) is 4. The Balaban J connectivity index is 0. The van der Waals surface area contributed by atoms with Crippen LogP contribution in [0.5, 0.6) is 0 Å². The second kappa shape index (κ2) is 29.3. The molecule has 0 aliphatic rings. The van der Waals surface area contributed by atoms with Gasteiger partial charge in [-0.2, -0.15) is 38.6 Å². The number of nitrogens with zero attached hydrogens (tertiary/aromatic N) is 8. The van der Waals surface area contributed by atoms with Crippen LogP contribution in [0.2, 0.25) is 0 Å². The SMILES string of the molecule is Cc1cc(Nc2nc(NCCS(=O)(=O)[O-])nc(NCCS(=O)(=O)[O-])n2)c(C)cc1Nc1nc(/N=C\CSOO[O-])nc(/N=C/CSOO[O-])n1.[Na+].[Na+].[Na+].[Na+]. The molecule has 4 N–H and O–H groups in total. The number of hydrogen-bond donors (Lipinski definition) is 4. The molecule has 0 saturated heterocycles. The Kier molecular flexibility index (Phi) is 30.5. The zero-order valence-electron chi connectivity index (χ0n) is 29.7. The van der Waals surface area contributed by atoms with Crippen LogP contribution in [0.3, 0.4) is 0 Å². The first-order chi connectivity index (χ1) is 23.7. The van der Waals surface area contributed by atoms with E-state index in [0.29, 0.717) is 46.6 Å². The Hall–Kier alpha value is 0.0600. The topological polar surface area (TPSA) is 348 Å². The van der Waals surface area contributed by atoms with Crippen molar-refractivity contribution in [2.45, 2.75) is 13.8 Å². The van der Waals surface area contributed by atoms with Gasteiger partial charge in [0.15, 0.2) is 0 Å². The van der Waals surface area contributed by atoms with Crippen LogP contribution in [0.1, 0.15) is 11.1 Å². The first kappa shape index (κ1) is 56.2. The van der Waals surface area contributed by atoms with Gasteiger partial charge in [0.05, 0.1) is 43.2 Å². The van der Waals surface area contributed by atoms with Gasteiger partial charge in [0.2, 0.25) is 23.8 Å². The quantitative estimate of drug-likeness (QED) is 0.0138. The third-order valence-electron chi connectivity index (χ3n) is 5.43. The van der Waals surface area contributed by atoms with Crippen LogP contribution in [-0.4, -0.2) is 104 Å². The molecule has 32 heteroatoms. The third kappa shape index (κ3) is 23.5. The molecule has 0 aliphatic heterocycles. The Morgan fingerprint density at radius 2 is 1.02 bits per heavy atom. The van der Waals surface area contributed by atoms with Crippen molar-refractivity contribution in [3.8, 4) is 0 Å². The van der Waals surface area contributed by atoms with Crippen molar-refractivity contribution in [3.63, 3.8) is 0 Å². The predicted octanol–water partition coefficient (Wildman–Crippen LogP) is -12.8. The van der Waals surface area contributed by atoms with E-state index in [2.05, 4.69) is 79.9 Å². The fourth-order valence-corrected chi connectivity index (χ4v) is 4.58. The van der Waals surface area contributed by atoms with Crippen molar-refractivity contribution in [2.75, 3.05) is 57.4 Å². The molecular weight excluding hydrogens is 845 g/mol. The third-order valence-corrected chi connectivity index (χ3v) is 7.71. The number of benzene rings is 1. The molecular formula is C22H26N12Na4O12S4. The largest absolute Gasteiger partial charge is 1.00 e. The smallest absolute Gasteiger partial charge is 0.748 e. The molecule has 0 saturated carbocycles. The van der Waals surface area contributed by atoms with Gasteiger partial charge in [-0.25, -0.2) is 26.8 Å². The molecule has 0 amide bonds. The molecule has 0 spiro atoms. The minimum absolute atomic E-state index is 0. The summed E-state index contributed by atoms with van der Waals surface area (Å²) in [6.45, 7) is 2.86. The van der Waals surface area contributed by atoms with E-state index in [1.807, 2.05) is 0 Å². The first-order valence-electron chi connectivity index (χ1n) is 13.5. The molecule has 0 unspecified atom stereocenters. The first-order valence-corrected chi connectivity index (χ1v) is 18.5.